The van der Waals surface area contributed by atoms with Gasteiger partial charge in [-0.05, 0) is 65.0 Å². The molecule has 0 spiro atoms. The van der Waals surface area contributed by atoms with E-state index < -0.39 is 0 Å². The van der Waals surface area contributed by atoms with Gasteiger partial charge in [-0.15, -0.1) is 11.3 Å². The van der Waals surface area contributed by atoms with Crippen LogP contribution in [0.1, 0.15) is 34.9 Å². The molecule has 0 aliphatic carbocycles. The molecule has 0 radical (unpaired) electrons. The van der Waals surface area contributed by atoms with Gasteiger partial charge in [0.15, 0.2) is 0 Å². The number of likely N-dealkylation sites (N-methyl/N-ethyl adjacent to an activating group) is 1. The van der Waals surface area contributed by atoms with E-state index in [-0.39, 0.29) is 6.04 Å². The lowest BCUT2D eigenvalue weighted by molar-refractivity contribution is 0.153. The molecule has 3 N–H and O–H groups in total. The Balaban J connectivity index is 1.55. The summed E-state index contributed by atoms with van der Waals surface area (Å²) in [5.41, 5.74) is 4.02. The lowest BCUT2D eigenvalue weighted by Crippen LogP contribution is -2.46. The van der Waals surface area contributed by atoms with Crippen molar-refractivity contribution in [2.45, 2.75) is 33.2 Å². The first-order chi connectivity index (χ1) is 16.8. The van der Waals surface area contributed by atoms with Crippen molar-refractivity contribution in [1.29, 1.82) is 10.8 Å². The molecule has 7 nitrogen and oxygen atoms in total. The highest BCUT2D eigenvalue weighted by Gasteiger charge is 2.33. The van der Waals surface area contributed by atoms with E-state index in [1.165, 1.54) is 4.88 Å². The van der Waals surface area contributed by atoms with Crippen molar-refractivity contribution in [1.82, 2.24) is 15.1 Å². The Bertz CT molecular complexity index is 1100. The summed E-state index contributed by atoms with van der Waals surface area (Å²) in [5.74, 6) is 0.681. The molecule has 1 unspecified atom stereocenters. The van der Waals surface area contributed by atoms with Crippen LogP contribution in [0, 0.1) is 24.7 Å². The van der Waals surface area contributed by atoms with E-state index in [1.54, 1.807) is 23.2 Å². The third-order valence-corrected chi connectivity index (χ3v) is 8.31. The first-order valence-electron chi connectivity index (χ1n) is 12.3. The van der Waals surface area contributed by atoms with Crippen molar-refractivity contribution in [2.75, 3.05) is 57.8 Å². The smallest absolute Gasteiger partial charge is 0.133 e. The molecule has 0 amide bonds. The Morgan fingerprint density at radius 3 is 2.51 bits per heavy atom. The van der Waals surface area contributed by atoms with E-state index in [1.807, 2.05) is 24.3 Å². The number of nitrogens with one attached hydrogen (secondary N) is 3. The largest absolute Gasteiger partial charge is 0.314 e. The number of aliphatic imine (C=N–C) groups is 1. The minimum Gasteiger partial charge on any atom is -0.314 e. The Hall–Kier alpha value is -2.10. The highest BCUT2D eigenvalue weighted by Crippen LogP contribution is 2.39. The number of rotatable bonds is 7. The van der Waals surface area contributed by atoms with Crippen LogP contribution >= 0.6 is 22.9 Å². The molecular weight excluding hydrogens is 478 g/mol. The van der Waals surface area contributed by atoms with Crippen molar-refractivity contribution in [3.63, 3.8) is 0 Å². The highest BCUT2D eigenvalue weighted by atomic mass is 35.5. The van der Waals surface area contributed by atoms with Crippen molar-refractivity contribution in [3.8, 4) is 0 Å². The number of hydrogen-bond acceptors (Lipinski definition) is 7. The molecule has 1 fully saturated rings. The Morgan fingerprint density at radius 1 is 1.17 bits per heavy atom. The fourth-order valence-electron chi connectivity index (χ4n) is 4.63. The standard InChI is InChI=1S/C26H36ClN7S/c1-17-18(2)35-26-23(17)24(20-6-8-21(27)9-7-20)31-22(25(29)34(26)19(3)28)16-30-10-5-11-33-14-12-32(4)13-15-33/h6-9,22,28-30H,5,10-16H2,1-4H3. The van der Waals surface area contributed by atoms with Gasteiger partial charge in [0, 0.05) is 53.8 Å². The molecule has 1 saturated heterocycles. The monoisotopic (exact) mass is 513 g/mol. The van der Waals surface area contributed by atoms with Gasteiger partial charge in [-0.2, -0.15) is 0 Å². The van der Waals surface area contributed by atoms with E-state index in [9.17, 15) is 0 Å². The fraction of sp³-hybridized carbons (Fsp3) is 0.500. The molecule has 2 aliphatic heterocycles. The number of hydrogen-bond donors (Lipinski definition) is 3. The number of nitrogens with zero attached hydrogens (tertiary/aromatic N) is 4. The second-order valence-electron chi connectivity index (χ2n) is 9.47. The zero-order chi connectivity index (χ0) is 25.1. The summed E-state index contributed by atoms with van der Waals surface area (Å²) in [6.07, 6.45) is 1.07. The molecule has 0 saturated carbocycles. The number of benzene rings is 1. The van der Waals surface area contributed by atoms with E-state index in [0.29, 0.717) is 23.2 Å². The van der Waals surface area contributed by atoms with Crippen molar-refractivity contribution in [2.24, 2.45) is 4.99 Å². The summed E-state index contributed by atoms with van der Waals surface area (Å²) in [7, 11) is 2.18. The summed E-state index contributed by atoms with van der Waals surface area (Å²) in [4.78, 5) is 13.0. The molecule has 0 bridgehead atoms. The van der Waals surface area contributed by atoms with E-state index in [0.717, 1.165) is 73.1 Å². The molecule has 9 heteroatoms. The fourth-order valence-corrected chi connectivity index (χ4v) is 5.97. The van der Waals surface area contributed by atoms with Crippen LogP contribution in [-0.2, 0) is 0 Å². The number of halogens is 1. The lowest BCUT2D eigenvalue weighted by Gasteiger charge is -2.32. The van der Waals surface area contributed by atoms with Crippen LogP contribution < -0.4 is 10.2 Å². The summed E-state index contributed by atoms with van der Waals surface area (Å²) >= 11 is 7.80. The van der Waals surface area contributed by atoms with E-state index >= 15 is 0 Å². The predicted molar refractivity (Wildman–Crippen MR) is 150 cm³/mol. The molecule has 1 aromatic carbocycles. The van der Waals surface area contributed by atoms with E-state index in [2.05, 4.69) is 36.0 Å². The minimum absolute atomic E-state index is 0.338. The zero-order valence-electron chi connectivity index (χ0n) is 21.1. The van der Waals surface area contributed by atoms with Crippen LogP contribution in [0.2, 0.25) is 5.02 Å². The average Bonchev–Trinajstić information content (AvgIpc) is 3.04. The average molecular weight is 514 g/mol. The molecular formula is C26H36ClN7S. The third kappa shape index (κ3) is 5.84. The first kappa shape index (κ1) is 26.0. The molecule has 2 aromatic rings. The molecule has 3 heterocycles. The number of amidine groups is 2. The van der Waals surface area contributed by atoms with Gasteiger partial charge in [0.25, 0.3) is 0 Å². The van der Waals surface area contributed by atoms with Gasteiger partial charge < -0.3 is 15.1 Å². The summed E-state index contributed by atoms with van der Waals surface area (Å²) in [6, 6.07) is 7.37. The SMILES string of the molecule is CC(=N)N1C(=N)C(CNCCCN2CCN(C)CC2)N=C(c2ccc(Cl)cc2)c2c1sc(C)c2C. The number of piperazine rings is 1. The lowest BCUT2D eigenvalue weighted by atomic mass is 10.00. The number of fused-ring (bicyclic) bond motifs is 1. The summed E-state index contributed by atoms with van der Waals surface area (Å²) < 4.78 is 0. The normalized spacial score (nSPS) is 19.5. The van der Waals surface area contributed by atoms with Crippen LogP contribution in [0.5, 0.6) is 0 Å². The molecule has 4 rings (SSSR count). The first-order valence-corrected chi connectivity index (χ1v) is 13.4. The Kier molecular flexibility index (Phi) is 8.39. The second kappa shape index (κ2) is 11.3. The maximum Gasteiger partial charge on any atom is 0.133 e. The van der Waals surface area contributed by atoms with Crippen LogP contribution in [0.15, 0.2) is 29.3 Å². The Labute approximate surface area is 217 Å². The van der Waals surface area contributed by atoms with Gasteiger partial charge in [0.05, 0.1) is 5.71 Å². The van der Waals surface area contributed by atoms with Crippen molar-refractivity contribution < 1.29 is 0 Å². The van der Waals surface area contributed by atoms with Gasteiger partial charge >= 0.3 is 0 Å². The maximum absolute atomic E-state index is 9.04. The topological polar surface area (TPSA) is 81.8 Å². The molecule has 35 heavy (non-hydrogen) atoms. The molecule has 1 atom stereocenters. The summed E-state index contributed by atoms with van der Waals surface area (Å²) in [6.45, 7) is 13.0. The minimum atomic E-state index is -0.385. The number of aryl methyl sites for hydroxylation is 1. The van der Waals surface area contributed by atoms with E-state index in [4.69, 9.17) is 27.4 Å². The van der Waals surface area contributed by atoms with Gasteiger partial charge in [-0.3, -0.25) is 20.7 Å². The van der Waals surface area contributed by atoms with Gasteiger partial charge in [0.1, 0.15) is 22.7 Å². The highest BCUT2D eigenvalue weighted by molar-refractivity contribution is 7.17. The zero-order valence-corrected chi connectivity index (χ0v) is 22.7. The van der Waals surface area contributed by atoms with Crippen LogP contribution in [0.25, 0.3) is 0 Å². The third-order valence-electron chi connectivity index (χ3n) is 6.86. The second-order valence-corrected chi connectivity index (χ2v) is 11.1. The quantitative estimate of drug-likeness (QED) is 0.294. The molecule has 2 aliphatic rings. The number of thiophene rings is 1. The van der Waals surface area contributed by atoms with Crippen LogP contribution in [-0.4, -0.2) is 86.1 Å². The van der Waals surface area contributed by atoms with Crippen LogP contribution in [0.3, 0.4) is 0 Å². The van der Waals surface area contributed by atoms with Gasteiger partial charge in [-0.1, -0.05) is 23.7 Å². The van der Waals surface area contributed by atoms with Gasteiger partial charge in [-0.25, -0.2) is 0 Å². The summed E-state index contributed by atoms with van der Waals surface area (Å²) in [5, 5.41) is 22.7. The molecule has 1 aromatic heterocycles. The van der Waals surface area contributed by atoms with Crippen molar-refractivity contribution in [3.05, 3.63) is 50.9 Å². The van der Waals surface area contributed by atoms with Crippen LogP contribution in [0.4, 0.5) is 5.00 Å². The molecule has 188 valence electrons. The Morgan fingerprint density at radius 2 is 1.86 bits per heavy atom. The van der Waals surface area contributed by atoms with Gasteiger partial charge in [0.2, 0.25) is 0 Å². The maximum atomic E-state index is 9.04. The predicted octanol–water partition coefficient (Wildman–Crippen LogP) is 4.25. The van der Waals surface area contributed by atoms with Crippen molar-refractivity contribution >= 4 is 45.3 Å². The number of anilines is 1.